The van der Waals surface area contributed by atoms with E-state index in [4.69, 9.17) is 0 Å². The molecule has 0 unspecified atom stereocenters. The molecule has 0 atom stereocenters. The molecule has 0 saturated heterocycles. The lowest BCUT2D eigenvalue weighted by molar-refractivity contribution is 0.519. The molecule has 0 aromatic heterocycles. The van der Waals surface area contributed by atoms with Crippen molar-refractivity contribution in [1.82, 2.24) is 4.90 Å². The van der Waals surface area contributed by atoms with Crippen molar-refractivity contribution in [3.63, 3.8) is 0 Å². The molecule has 0 aromatic rings. The highest BCUT2D eigenvalue weighted by Crippen LogP contribution is 2.18. The fourth-order valence-corrected chi connectivity index (χ4v) is 1.31. The number of rotatable bonds is 0. The van der Waals surface area contributed by atoms with Crippen LogP contribution >= 0.6 is 0 Å². The molecular formula is C8H10N2. The molecule has 0 aliphatic carbocycles. The highest BCUT2D eigenvalue weighted by molar-refractivity contribution is 5.99. The Hall–Kier alpha value is -1.05. The topological polar surface area (TPSA) is 15.6 Å². The zero-order valence-corrected chi connectivity index (χ0v) is 6.04. The Bertz CT molecular complexity index is 236. The van der Waals surface area contributed by atoms with E-state index in [0.29, 0.717) is 0 Å². The SMILES string of the molecule is CC1=NCN2C=CCC=C12. The Morgan fingerprint density at radius 2 is 2.50 bits per heavy atom. The zero-order chi connectivity index (χ0) is 6.97. The molecule has 0 bridgehead atoms. The van der Waals surface area contributed by atoms with Gasteiger partial charge in [0.1, 0.15) is 6.67 Å². The molecule has 0 aromatic carbocycles. The smallest absolute Gasteiger partial charge is 0.114 e. The predicted molar refractivity (Wildman–Crippen MR) is 41.7 cm³/mol. The summed E-state index contributed by atoms with van der Waals surface area (Å²) in [5.74, 6) is 0. The van der Waals surface area contributed by atoms with E-state index in [2.05, 4.69) is 35.2 Å². The van der Waals surface area contributed by atoms with Gasteiger partial charge in [-0.1, -0.05) is 12.2 Å². The number of fused-ring (bicyclic) bond motifs is 1. The maximum absolute atomic E-state index is 4.30. The summed E-state index contributed by atoms with van der Waals surface area (Å²) >= 11 is 0. The summed E-state index contributed by atoms with van der Waals surface area (Å²) in [6.07, 6.45) is 7.53. The minimum absolute atomic E-state index is 0.814. The number of nitrogens with zero attached hydrogens (tertiary/aromatic N) is 2. The Morgan fingerprint density at radius 1 is 1.60 bits per heavy atom. The van der Waals surface area contributed by atoms with Gasteiger partial charge in [0, 0.05) is 6.20 Å². The van der Waals surface area contributed by atoms with Crippen LogP contribution in [-0.2, 0) is 0 Å². The molecule has 0 fully saturated rings. The standard InChI is InChI=1S/C8H10N2/c1-7-8-4-2-3-5-10(8)6-9-7/h3-5H,2,6H2,1H3. The lowest BCUT2D eigenvalue weighted by Crippen LogP contribution is -2.15. The molecule has 0 N–H and O–H groups in total. The van der Waals surface area contributed by atoms with Gasteiger partial charge in [0.25, 0.3) is 0 Å². The van der Waals surface area contributed by atoms with E-state index in [-0.39, 0.29) is 0 Å². The van der Waals surface area contributed by atoms with E-state index >= 15 is 0 Å². The van der Waals surface area contributed by atoms with E-state index in [1.165, 1.54) is 11.4 Å². The van der Waals surface area contributed by atoms with Crippen molar-refractivity contribution in [2.45, 2.75) is 13.3 Å². The van der Waals surface area contributed by atoms with Gasteiger partial charge in [-0.25, -0.2) is 0 Å². The second-order valence-electron chi connectivity index (χ2n) is 2.56. The molecule has 0 saturated carbocycles. The number of hydrogen-bond donors (Lipinski definition) is 0. The zero-order valence-electron chi connectivity index (χ0n) is 6.04. The first kappa shape index (κ1) is 5.71. The minimum atomic E-state index is 0.814. The molecular weight excluding hydrogens is 124 g/mol. The van der Waals surface area contributed by atoms with Crippen LogP contribution in [0.3, 0.4) is 0 Å². The van der Waals surface area contributed by atoms with Gasteiger partial charge in [0.05, 0.1) is 11.4 Å². The fraction of sp³-hybridized carbons (Fsp3) is 0.375. The quantitative estimate of drug-likeness (QED) is 0.490. The largest absolute Gasteiger partial charge is 0.327 e. The average Bonchev–Trinajstić information content (AvgIpc) is 2.34. The predicted octanol–water partition coefficient (Wildman–Crippen LogP) is 1.52. The molecule has 10 heavy (non-hydrogen) atoms. The van der Waals surface area contributed by atoms with E-state index < -0.39 is 0 Å². The molecule has 2 heterocycles. The third-order valence-electron chi connectivity index (χ3n) is 1.87. The van der Waals surface area contributed by atoms with E-state index in [0.717, 1.165) is 13.1 Å². The lowest BCUT2D eigenvalue weighted by Gasteiger charge is -2.16. The lowest BCUT2D eigenvalue weighted by atomic mass is 10.2. The average molecular weight is 134 g/mol. The van der Waals surface area contributed by atoms with Crippen LogP contribution in [0.5, 0.6) is 0 Å². The molecule has 2 heteroatoms. The maximum atomic E-state index is 4.30. The van der Waals surface area contributed by atoms with Crippen molar-refractivity contribution in [1.29, 1.82) is 0 Å². The summed E-state index contributed by atoms with van der Waals surface area (Å²) in [7, 11) is 0. The highest BCUT2D eigenvalue weighted by atomic mass is 15.2. The summed E-state index contributed by atoms with van der Waals surface area (Å²) < 4.78 is 0. The van der Waals surface area contributed by atoms with Crippen LogP contribution in [0, 0.1) is 0 Å². The fourth-order valence-electron chi connectivity index (χ4n) is 1.31. The Morgan fingerprint density at radius 3 is 3.30 bits per heavy atom. The summed E-state index contributed by atoms with van der Waals surface area (Å²) in [6.45, 7) is 2.87. The minimum Gasteiger partial charge on any atom is -0.327 e. The highest BCUT2D eigenvalue weighted by Gasteiger charge is 2.16. The number of hydrogen-bond acceptors (Lipinski definition) is 2. The summed E-state index contributed by atoms with van der Waals surface area (Å²) in [5, 5.41) is 0. The third kappa shape index (κ3) is 0.685. The van der Waals surface area contributed by atoms with Gasteiger partial charge in [-0.05, 0) is 13.3 Å². The second-order valence-corrected chi connectivity index (χ2v) is 2.56. The van der Waals surface area contributed by atoms with Crippen LogP contribution in [-0.4, -0.2) is 17.3 Å². The van der Waals surface area contributed by atoms with Gasteiger partial charge in [0.15, 0.2) is 0 Å². The van der Waals surface area contributed by atoms with Crippen molar-refractivity contribution in [2.24, 2.45) is 4.99 Å². The van der Waals surface area contributed by atoms with Crippen LogP contribution in [0.15, 0.2) is 29.0 Å². The van der Waals surface area contributed by atoms with Crippen LogP contribution in [0.2, 0.25) is 0 Å². The molecule has 2 nitrogen and oxygen atoms in total. The van der Waals surface area contributed by atoms with E-state index in [1.807, 2.05) is 0 Å². The van der Waals surface area contributed by atoms with Crippen molar-refractivity contribution in [3.05, 3.63) is 24.0 Å². The summed E-state index contributed by atoms with van der Waals surface area (Å²) in [5.41, 5.74) is 2.46. The Labute approximate surface area is 60.6 Å². The van der Waals surface area contributed by atoms with Crippen molar-refractivity contribution in [2.75, 3.05) is 6.67 Å². The monoisotopic (exact) mass is 134 g/mol. The van der Waals surface area contributed by atoms with Gasteiger partial charge in [-0.15, -0.1) is 0 Å². The summed E-state index contributed by atoms with van der Waals surface area (Å²) in [6, 6.07) is 0. The van der Waals surface area contributed by atoms with Crippen LogP contribution in [0.25, 0.3) is 0 Å². The van der Waals surface area contributed by atoms with Crippen LogP contribution in [0.1, 0.15) is 13.3 Å². The van der Waals surface area contributed by atoms with Gasteiger partial charge in [-0.3, -0.25) is 4.99 Å². The first-order valence-corrected chi connectivity index (χ1v) is 3.53. The molecule has 0 radical (unpaired) electrons. The third-order valence-corrected chi connectivity index (χ3v) is 1.87. The van der Waals surface area contributed by atoms with Crippen molar-refractivity contribution < 1.29 is 0 Å². The van der Waals surface area contributed by atoms with Gasteiger partial charge in [0.2, 0.25) is 0 Å². The number of allylic oxidation sites excluding steroid dienone is 3. The van der Waals surface area contributed by atoms with Crippen molar-refractivity contribution >= 4 is 5.71 Å². The second kappa shape index (κ2) is 1.97. The molecule has 2 rings (SSSR count). The Balaban J connectivity index is 2.32. The maximum Gasteiger partial charge on any atom is 0.114 e. The van der Waals surface area contributed by atoms with Crippen LogP contribution < -0.4 is 0 Å². The molecule has 0 spiro atoms. The molecule has 0 amide bonds. The van der Waals surface area contributed by atoms with E-state index in [1.54, 1.807) is 0 Å². The Kier molecular flexibility index (Phi) is 1.13. The van der Waals surface area contributed by atoms with Gasteiger partial charge >= 0.3 is 0 Å². The van der Waals surface area contributed by atoms with Gasteiger partial charge in [-0.2, -0.15) is 0 Å². The molecule has 2 aliphatic heterocycles. The van der Waals surface area contributed by atoms with E-state index in [9.17, 15) is 0 Å². The normalized spacial score (nSPS) is 22.3. The molecule has 2 aliphatic rings. The number of aliphatic imine (C=N–C) groups is 1. The van der Waals surface area contributed by atoms with Gasteiger partial charge < -0.3 is 4.90 Å². The van der Waals surface area contributed by atoms with Crippen molar-refractivity contribution in [3.8, 4) is 0 Å². The summed E-state index contributed by atoms with van der Waals surface area (Å²) in [4.78, 5) is 6.47. The molecule has 52 valence electrons. The first-order chi connectivity index (χ1) is 4.88. The first-order valence-electron chi connectivity index (χ1n) is 3.53. The van der Waals surface area contributed by atoms with Crippen LogP contribution in [0.4, 0.5) is 0 Å².